The van der Waals surface area contributed by atoms with E-state index in [0.29, 0.717) is 0 Å². The van der Waals surface area contributed by atoms with Crippen LogP contribution in [0.4, 0.5) is 0 Å². The van der Waals surface area contributed by atoms with Crippen molar-refractivity contribution in [2.45, 2.75) is 24.5 Å². The second kappa shape index (κ2) is 4.35. The second-order valence-electron chi connectivity index (χ2n) is 4.18. The van der Waals surface area contributed by atoms with Crippen molar-refractivity contribution < 1.29 is 20.1 Å². The lowest BCUT2D eigenvalue weighted by molar-refractivity contribution is -0.0552. The van der Waals surface area contributed by atoms with Gasteiger partial charge in [0.1, 0.15) is 18.3 Å². The molecule has 19 heavy (non-hydrogen) atoms. The highest BCUT2D eigenvalue weighted by Crippen LogP contribution is 2.27. The van der Waals surface area contributed by atoms with Crippen molar-refractivity contribution in [1.82, 2.24) is 24.6 Å². The summed E-state index contributed by atoms with van der Waals surface area (Å²) in [6.07, 6.45) is -3.30. The third-order valence-corrected chi connectivity index (χ3v) is 3.07. The molecule has 2 aromatic rings. The molecular formula is C9H11N5O5. The molecule has 0 aromatic carbocycles. The number of nitrogens with zero attached hydrogens (tertiary/aromatic N) is 5. The molecule has 0 saturated carbocycles. The molecule has 1 aliphatic heterocycles. The quantitative estimate of drug-likeness (QED) is 0.521. The van der Waals surface area contributed by atoms with Crippen LogP contribution in [0.25, 0.3) is 5.65 Å². The molecule has 1 aliphatic rings. The van der Waals surface area contributed by atoms with Crippen LogP contribution in [0, 0.1) is 0 Å². The number of aliphatic hydroxyl groups excluding tert-OH is 3. The standard InChI is InChI=1S/C9H11N5O5/c15-3-4-6(16)7(17)8(19-4)13-2-1-5-10-11-12-14(5)9(13)18/h1-2,4,6-8,15-17H,3H2/t4-,6-,7+,8-/m1/s1. The summed E-state index contributed by atoms with van der Waals surface area (Å²) in [4.78, 5) is 12.1. The summed E-state index contributed by atoms with van der Waals surface area (Å²) >= 11 is 0. The number of aliphatic hydroxyl groups is 3. The van der Waals surface area contributed by atoms with Crippen molar-refractivity contribution in [3.05, 3.63) is 22.7 Å². The van der Waals surface area contributed by atoms with E-state index < -0.39 is 36.8 Å². The monoisotopic (exact) mass is 269 g/mol. The normalized spacial score (nSPS) is 31.1. The Morgan fingerprint density at radius 1 is 1.37 bits per heavy atom. The summed E-state index contributed by atoms with van der Waals surface area (Å²) in [5.74, 6) is 0. The van der Waals surface area contributed by atoms with Gasteiger partial charge in [-0.1, -0.05) is 0 Å². The van der Waals surface area contributed by atoms with Crippen molar-refractivity contribution in [2.24, 2.45) is 0 Å². The van der Waals surface area contributed by atoms with E-state index in [-0.39, 0.29) is 5.65 Å². The highest BCUT2D eigenvalue weighted by Gasteiger charge is 2.43. The molecule has 2 aromatic heterocycles. The van der Waals surface area contributed by atoms with Gasteiger partial charge in [-0.2, -0.15) is 0 Å². The van der Waals surface area contributed by atoms with E-state index in [4.69, 9.17) is 9.84 Å². The molecule has 0 aliphatic carbocycles. The number of rotatable bonds is 2. The molecule has 10 nitrogen and oxygen atoms in total. The third-order valence-electron chi connectivity index (χ3n) is 3.07. The summed E-state index contributed by atoms with van der Waals surface area (Å²) < 4.78 is 7.26. The number of ether oxygens (including phenoxy) is 1. The van der Waals surface area contributed by atoms with E-state index in [2.05, 4.69) is 15.5 Å². The van der Waals surface area contributed by atoms with Gasteiger partial charge in [-0.15, -0.1) is 9.61 Å². The van der Waals surface area contributed by atoms with Crippen molar-refractivity contribution in [2.75, 3.05) is 6.61 Å². The molecular weight excluding hydrogens is 258 g/mol. The zero-order valence-electron chi connectivity index (χ0n) is 9.57. The predicted octanol–water partition coefficient (Wildman–Crippen LogP) is -3.10. The van der Waals surface area contributed by atoms with Crippen LogP contribution in [-0.2, 0) is 4.74 Å². The Balaban J connectivity index is 2.05. The number of hydrogen-bond acceptors (Lipinski definition) is 8. The molecule has 3 N–H and O–H groups in total. The second-order valence-corrected chi connectivity index (χ2v) is 4.18. The van der Waals surface area contributed by atoms with E-state index in [1.54, 1.807) is 0 Å². The molecule has 3 rings (SSSR count). The first kappa shape index (κ1) is 12.2. The maximum absolute atomic E-state index is 12.1. The molecule has 4 atom stereocenters. The maximum atomic E-state index is 12.1. The van der Waals surface area contributed by atoms with Gasteiger partial charge in [0.2, 0.25) is 0 Å². The minimum Gasteiger partial charge on any atom is -0.394 e. The fourth-order valence-corrected chi connectivity index (χ4v) is 2.06. The first-order valence-electron chi connectivity index (χ1n) is 5.55. The Morgan fingerprint density at radius 2 is 2.16 bits per heavy atom. The van der Waals surface area contributed by atoms with Crippen LogP contribution in [0.3, 0.4) is 0 Å². The summed E-state index contributed by atoms with van der Waals surface area (Å²) in [5, 5.41) is 39.0. The van der Waals surface area contributed by atoms with Gasteiger partial charge in [-0.25, -0.2) is 4.79 Å². The molecule has 1 fully saturated rings. The summed E-state index contributed by atoms with van der Waals surface area (Å²) in [7, 11) is 0. The van der Waals surface area contributed by atoms with Crippen LogP contribution in [-0.4, -0.2) is 64.8 Å². The zero-order chi connectivity index (χ0) is 13.6. The first-order valence-corrected chi connectivity index (χ1v) is 5.55. The van der Waals surface area contributed by atoms with Gasteiger partial charge < -0.3 is 20.1 Å². The van der Waals surface area contributed by atoms with Crippen LogP contribution < -0.4 is 5.69 Å². The van der Waals surface area contributed by atoms with Crippen molar-refractivity contribution in [3.63, 3.8) is 0 Å². The number of aromatic nitrogens is 5. The number of hydrogen-bond donors (Lipinski definition) is 3. The van der Waals surface area contributed by atoms with Crippen LogP contribution >= 0.6 is 0 Å². The average Bonchev–Trinajstić information content (AvgIpc) is 2.98. The Bertz CT molecular complexity index is 654. The lowest BCUT2D eigenvalue weighted by atomic mass is 10.1. The maximum Gasteiger partial charge on any atom is 0.354 e. The van der Waals surface area contributed by atoms with Crippen LogP contribution in [0.2, 0.25) is 0 Å². The fourth-order valence-electron chi connectivity index (χ4n) is 2.06. The molecule has 3 heterocycles. The molecule has 0 radical (unpaired) electrons. The SMILES string of the molecule is O=c1n([C@@H]2O[C@H](CO)[C@@H](O)[C@@H]2O)ccc2nnnn12. The smallest absolute Gasteiger partial charge is 0.354 e. The largest absolute Gasteiger partial charge is 0.394 e. The van der Waals surface area contributed by atoms with Gasteiger partial charge in [0.15, 0.2) is 11.9 Å². The van der Waals surface area contributed by atoms with Crippen molar-refractivity contribution in [1.29, 1.82) is 0 Å². The first-order chi connectivity index (χ1) is 9.13. The van der Waals surface area contributed by atoms with E-state index in [1.165, 1.54) is 12.3 Å². The van der Waals surface area contributed by atoms with Gasteiger partial charge in [0.25, 0.3) is 0 Å². The predicted molar refractivity (Wildman–Crippen MR) is 58.1 cm³/mol. The van der Waals surface area contributed by atoms with Gasteiger partial charge in [0.05, 0.1) is 6.61 Å². The van der Waals surface area contributed by atoms with Crippen molar-refractivity contribution in [3.8, 4) is 0 Å². The molecule has 0 amide bonds. The van der Waals surface area contributed by atoms with Gasteiger partial charge >= 0.3 is 5.69 Å². The highest BCUT2D eigenvalue weighted by molar-refractivity contribution is 5.31. The summed E-state index contributed by atoms with van der Waals surface area (Å²) in [5.41, 5.74) is -0.356. The topological polar surface area (TPSA) is 135 Å². The van der Waals surface area contributed by atoms with Crippen LogP contribution in [0.15, 0.2) is 17.1 Å². The number of fused-ring (bicyclic) bond motifs is 1. The summed E-state index contributed by atoms with van der Waals surface area (Å²) in [6, 6.07) is 1.47. The lowest BCUT2D eigenvalue weighted by Gasteiger charge is -2.16. The van der Waals surface area contributed by atoms with E-state index in [0.717, 1.165) is 9.08 Å². The minimum absolute atomic E-state index is 0.257. The summed E-state index contributed by atoms with van der Waals surface area (Å²) in [6.45, 7) is -0.462. The Kier molecular flexibility index (Phi) is 2.78. The fraction of sp³-hybridized carbons (Fsp3) is 0.556. The molecule has 1 saturated heterocycles. The van der Waals surface area contributed by atoms with Gasteiger partial charge in [0, 0.05) is 12.3 Å². The van der Waals surface area contributed by atoms with Gasteiger partial charge in [-0.3, -0.25) is 4.57 Å². The van der Waals surface area contributed by atoms with Gasteiger partial charge in [-0.05, 0) is 10.4 Å². The van der Waals surface area contributed by atoms with Crippen LogP contribution in [0.1, 0.15) is 6.23 Å². The Morgan fingerprint density at radius 3 is 2.84 bits per heavy atom. The van der Waals surface area contributed by atoms with E-state index in [1.807, 2.05) is 0 Å². The molecule has 0 spiro atoms. The van der Waals surface area contributed by atoms with E-state index in [9.17, 15) is 15.0 Å². The highest BCUT2D eigenvalue weighted by atomic mass is 16.6. The minimum atomic E-state index is -1.33. The lowest BCUT2D eigenvalue weighted by Crippen LogP contribution is -2.37. The van der Waals surface area contributed by atoms with Crippen molar-refractivity contribution >= 4 is 5.65 Å². The average molecular weight is 269 g/mol. The van der Waals surface area contributed by atoms with Crippen LogP contribution in [0.5, 0.6) is 0 Å². The van der Waals surface area contributed by atoms with E-state index >= 15 is 0 Å². The number of tetrazole rings is 1. The zero-order valence-corrected chi connectivity index (χ0v) is 9.57. The molecule has 10 heteroatoms. The molecule has 102 valence electrons. The Hall–Kier alpha value is -1.88. The molecule has 0 unspecified atom stereocenters. The third kappa shape index (κ3) is 1.73. The Labute approximate surface area is 105 Å². The molecule has 0 bridgehead atoms.